The van der Waals surface area contributed by atoms with E-state index in [2.05, 4.69) is 20.6 Å². The predicted octanol–water partition coefficient (Wildman–Crippen LogP) is 6.11. The molecular weight excluding hydrogens is 353 g/mol. The van der Waals surface area contributed by atoms with E-state index in [1.165, 1.54) is 0 Å². The van der Waals surface area contributed by atoms with Gasteiger partial charge in [0.25, 0.3) is 0 Å². The van der Waals surface area contributed by atoms with Gasteiger partial charge in [-0.2, -0.15) is 18.2 Å². The first-order chi connectivity index (χ1) is 12.8. The molecule has 0 amide bonds. The summed E-state index contributed by atoms with van der Waals surface area (Å²) in [6.45, 7) is 3.96. The molecule has 0 saturated carbocycles. The zero-order valence-corrected chi connectivity index (χ0v) is 14.9. The molecule has 1 heterocycles. The topological polar surface area (TPSA) is 49.8 Å². The Morgan fingerprint density at radius 3 is 2.22 bits per heavy atom. The number of hydrogen-bond donors (Lipinski definition) is 2. The van der Waals surface area contributed by atoms with Gasteiger partial charge in [0.2, 0.25) is 5.95 Å². The summed E-state index contributed by atoms with van der Waals surface area (Å²) in [7, 11) is 0. The zero-order valence-electron chi connectivity index (χ0n) is 14.9. The maximum atomic E-state index is 13.4. The second-order valence-corrected chi connectivity index (χ2v) is 6.31. The molecule has 1 aromatic heterocycles. The predicted molar refractivity (Wildman–Crippen MR) is 101 cm³/mol. The number of nitrogens with one attached hydrogen (secondary N) is 2. The highest BCUT2D eigenvalue weighted by Gasteiger charge is 2.35. The van der Waals surface area contributed by atoms with Crippen LogP contribution in [0.25, 0.3) is 0 Å². The number of para-hydroxylation sites is 2. The van der Waals surface area contributed by atoms with Crippen molar-refractivity contribution in [2.45, 2.75) is 25.9 Å². The fraction of sp³-hybridized carbons (Fsp3) is 0.200. The summed E-state index contributed by atoms with van der Waals surface area (Å²) in [5.41, 5.74) is 1.26. The monoisotopic (exact) mass is 372 g/mol. The Kier molecular flexibility index (Phi) is 5.30. The minimum Gasteiger partial charge on any atom is -0.339 e. The van der Waals surface area contributed by atoms with Crippen molar-refractivity contribution in [3.8, 4) is 0 Å². The van der Waals surface area contributed by atoms with Crippen molar-refractivity contribution in [2.75, 3.05) is 10.6 Å². The molecular formula is C20H19F3N4. The summed E-state index contributed by atoms with van der Waals surface area (Å²) in [4.78, 5) is 7.89. The second-order valence-electron chi connectivity index (χ2n) is 6.31. The van der Waals surface area contributed by atoms with E-state index in [-0.39, 0.29) is 17.7 Å². The third-order valence-corrected chi connectivity index (χ3v) is 3.96. The summed E-state index contributed by atoms with van der Waals surface area (Å²) in [5.74, 6) is -0.0606. The van der Waals surface area contributed by atoms with Crippen molar-refractivity contribution < 1.29 is 13.2 Å². The highest BCUT2D eigenvalue weighted by molar-refractivity contribution is 5.65. The molecule has 140 valence electrons. The van der Waals surface area contributed by atoms with Crippen molar-refractivity contribution in [3.63, 3.8) is 0 Å². The second kappa shape index (κ2) is 7.65. The van der Waals surface area contributed by atoms with Crippen LogP contribution in [0.2, 0.25) is 0 Å². The normalized spacial score (nSPS) is 11.5. The molecule has 3 rings (SSSR count). The van der Waals surface area contributed by atoms with Crippen LogP contribution >= 0.6 is 0 Å². The summed E-state index contributed by atoms with van der Waals surface area (Å²) < 4.78 is 40.3. The molecule has 0 bridgehead atoms. The minimum absolute atomic E-state index is 0.0822. The Bertz CT molecular complexity index is 909. The molecule has 0 saturated heterocycles. The number of nitrogens with zero attached hydrogens (tertiary/aromatic N) is 2. The maximum Gasteiger partial charge on any atom is 0.421 e. The molecule has 0 fully saturated rings. The largest absolute Gasteiger partial charge is 0.421 e. The zero-order chi connectivity index (χ0) is 19.4. The highest BCUT2D eigenvalue weighted by atomic mass is 19.4. The van der Waals surface area contributed by atoms with Gasteiger partial charge in [0, 0.05) is 17.6 Å². The lowest BCUT2D eigenvalue weighted by Gasteiger charge is -2.18. The fourth-order valence-corrected chi connectivity index (χ4v) is 2.64. The number of anilines is 4. The van der Waals surface area contributed by atoms with Gasteiger partial charge in [-0.3, -0.25) is 0 Å². The van der Waals surface area contributed by atoms with Gasteiger partial charge < -0.3 is 10.6 Å². The first-order valence-corrected chi connectivity index (χ1v) is 8.47. The van der Waals surface area contributed by atoms with Crippen molar-refractivity contribution >= 4 is 23.1 Å². The van der Waals surface area contributed by atoms with Crippen LogP contribution in [-0.4, -0.2) is 9.97 Å². The molecule has 2 aromatic carbocycles. The van der Waals surface area contributed by atoms with Crippen molar-refractivity contribution in [1.29, 1.82) is 0 Å². The van der Waals surface area contributed by atoms with Crippen molar-refractivity contribution in [3.05, 3.63) is 71.9 Å². The molecule has 0 aliphatic heterocycles. The van der Waals surface area contributed by atoms with E-state index in [1.54, 1.807) is 24.3 Å². The lowest BCUT2D eigenvalue weighted by Crippen LogP contribution is -2.13. The summed E-state index contributed by atoms with van der Waals surface area (Å²) in [6.07, 6.45) is -3.78. The van der Waals surface area contributed by atoms with Crippen LogP contribution in [0.3, 0.4) is 0 Å². The molecule has 0 spiro atoms. The molecule has 0 aliphatic rings. The van der Waals surface area contributed by atoms with Crippen LogP contribution in [0.4, 0.5) is 36.3 Å². The van der Waals surface area contributed by atoms with Gasteiger partial charge in [-0.05, 0) is 29.7 Å². The lowest BCUT2D eigenvalue weighted by molar-refractivity contribution is -0.137. The van der Waals surface area contributed by atoms with Crippen LogP contribution in [-0.2, 0) is 6.18 Å². The van der Waals surface area contributed by atoms with Gasteiger partial charge in [0.15, 0.2) is 0 Å². The van der Waals surface area contributed by atoms with Crippen LogP contribution in [0.15, 0.2) is 60.8 Å². The van der Waals surface area contributed by atoms with Crippen LogP contribution in [0.5, 0.6) is 0 Å². The van der Waals surface area contributed by atoms with E-state index < -0.39 is 11.7 Å². The van der Waals surface area contributed by atoms with Crippen molar-refractivity contribution in [1.82, 2.24) is 9.97 Å². The molecule has 0 aliphatic carbocycles. The Morgan fingerprint density at radius 1 is 0.889 bits per heavy atom. The third kappa shape index (κ3) is 4.55. The molecule has 3 aromatic rings. The molecule has 7 heteroatoms. The van der Waals surface area contributed by atoms with E-state index in [9.17, 15) is 13.2 Å². The van der Waals surface area contributed by atoms with Crippen LogP contribution in [0.1, 0.15) is 30.9 Å². The standard InChI is InChI=1S/C20H19F3N4/c1-13(2)15-10-6-7-11-17(15)26-18-16(20(21,22)23)12-24-19(27-18)25-14-8-4-3-5-9-14/h3-13H,1-2H3,(H2,24,25,26,27). The Morgan fingerprint density at radius 2 is 1.56 bits per heavy atom. The summed E-state index contributed by atoms with van der Waals surface area (Å²) >= 11 is 0. The SMILES string of the molecule is CC(C)c1ccccc1Nc1nc(Nc2ccccc2)ncc1C(F)(F)F. The quantitative estimate of drug-likeness (QED) is 0.568. The molecule has 27 heavy (non-hydrogen) atoms. The number of hydrogen-bond acceptors (Lipinski definition) is 4. The van der Waals surface area contributed by atoms with Gasteiger partial charge in [-0.1, -0.05) is 50.2 Å². The highest BCUT2D eigenvalue weighted by Crippen LogP contribution is 2.36. The molecule has 0 radical (unpaired) electrons. The van der Waals surface area contributed by atoms with E-state index in [1.807, 2.05) is 44.2 Å². The average Bonchev–Trinajstić information content (AvgIpc) is 2.62. The maximum absolute atomic E-state index is 13.4. The van der Waals surface area contributed by atoms with Gasteiger partial charge in [-0.25, -0.2) is 4.98 Å². The van der Waals surface area contributed by atoms with Gasteiger partial charge in [0.05, 0.1) is 0 Å². The van der Waals surface area contributed by atoms with Gasteiger partial charge in [-0.15, -0.1) is 0 Å². The Labute approximate surface area is 155 Å². The first kappa shape index (κ1) is 18.7. The van der Waals surface area contributed by atoms with E-state index in [0.29, 0.717) is 11.4 Å². The first-order valence-electron chi connectivity index (χ1n) is 8.47. The number of rotatable bonds is 5. The molecule has 2 N–H and O–H groups in total. The summed E-state index contributed by atoms with van der Waals surface area (Å²) in [5, 5.41) is 5.76. The smallest absolute Gasteiger partial charge is 0.339 e. The van der Waals surface area contributed by atoms with Crippen LogP contribution < -0.4 is 10.6 Å². The van der Waals surface area contributed by atoms with E-state index in [4.69, 9.17) is 0 Å². The fourth-order valence-electron chi connectivity index (χ4n) is 2.64. The number of halogens is 3. The van der Waals surface area contributed by atoms with E-state index in [0.717, 1.165) is 11.8 Å². The van der Waals surface area contributed by atoms with E-state index >= 15 is 0 Å². The Balaban J connectivity index is 2.00. The Hall–Kier alpha value is -3.09. The number of benzene rings is 2. The van der Waals surface area contributed by atoms with Gasteiger partial charge in [0.1, 0.15) is 11.4 Å². The minimum atomic E-state index is -4.57. The number of alkyl halides is 3. The molecule has 0 unspecified atom stereocenters. The average molecular weight is 372 g/mol. The van der Waals surface area contributed by atoms with Crippen LogP contribution in [0, 0.1) is 0 Å². The third-order valence-electron chi connectivity index (χ3n) is 3.96. The molecule has 4 nitrogen and oxygen atoms in total. The molecule has 0 atom stereocenters. The van der Waals surface area contributed by atoms with Crippen molar-refractivity contribution in [2.24, 2.45) is 0 Å². The summed E-state index contributed by atoms with van der Waals surface area (Å²) in [6, 6.07) is 16.3. The van der Waals surface area contributed by atoms with Gasteiger partial charge >= 0.3 is 6.18 Å². The lowest BCUT2D eigenvalue weighted by atomic mass is 10.0. The number of aromatic nitrogens is 2.